The molecule has 2 aromatic heterocycles. The number of piperazine rings is 1. The van der Waals surface area contributed by atoms with Gasteiger partial charge in [-0.2, -0.15) is 4.31 Å². The molecular weight excluding hydrogens is 478 g/mol. The third-order valence-electron chi connectivity index (χ3n) is 5.87. The average molecular weight is 504 g/mol. The molecule has 3 amide bonds. The van der Waals surface area contributed by atoms with Crippen molar-refractivity contribution in [3.05, 3.63) is 58.4 Å². The molecule has 0 radical (unpaired) electrons. The van der Waals surface area contributed by atoms with Gasteiger partial charge in [-0.25, -0.2) is 8.42 Å². The van der Waals surface area contributed by atoms with E-state index in [0.29, 0.717) is 4.88 Å². The van der Waals surface area contributed by atoms with Crippen molar-refractivity contribution in [1.82, 2.24) is 19.5 Å². The number of fused-ring (bicyclic) bond motifs is 1. The van der Waals surface area contributed by atoms with Crippen LogP contribution in [0.15, 0.2) is 48.0 Å². The highest BCUT2D eigenvalue weighted by Gasteiger charge is 2.39. The quantitative estimate of drug-likeness (QED) is 0.431. The summed E-state index contributed by atoms with van der Waals surface area (Å²) in [5.74, 6) is -1.73. The van der Waals surface area contributed by atoms with Crippen LogP contribution in [0.1, 0.15) is 15.2 Å². The molecule has 1 saturated heterocycles. The third-order valence-corrected chi connectivity index (χ3v) is 7.99. The van der Waals surface area contributed by atoms with E-state index >= 15 is 0 Å². The zero-order valence-electron chi connectivity index (χ0n) is 18.4. The lowest BCUT2D eigenvalue weighted by atomic mass is 10.0. The topological polar surface area (TPSA) is 146 Å². The van der Waals surface area contributed by atoms with E-state index in [2.05, 4.69) is 10.3 Å². The minimum absolute atomic E-state index is 0.0472. The summed E-state index contributed by atoms with van der Waals surface area (Å²) in [6, 6.07) is 8.76. The molecule has 1 fully saturated rings. The summed E-state index contributed by atoms with van der Waals surface area (Å²) in [5, 5.41) is 5.30. The molecular formula is C22H25N5O5S2. The van der Waals surface area contributed by atoms with Gasteiger partial charge in [0.1, 0.15) is 12.1 Å². The van der Waals surface area contributed by atoms with Gasteiger partial charge in [-0.05, 0) is 23.1 Å². The number of thiophene rings is 1. The molecule has 0 saturated carbocycles. The van der Waals surface area contributed by atoms with Crippen LogP contribution in [0.5, 0.6) is 0 Å². The van der Waals surface area contributed by atoms with Gasteiger partial charge in [-0.1, -0.05) is 24.3 Å². The van der Waals surface area contributed by atoms with Crippen molar-refractivity contribution in [1.29, 1.82) is 0 Å². The van der Waals surface area contributed by atoms with E-state index in [-0.39, 0.29) is 32.0 Å². The fraction of sp³-hybridized carbons (Fsp3) is 0.318. The first-order valence-corrected chi connectivity index (χ1v) is 13.3. The van der Waals surface area contributed by atoms with E-state index in [0.717, 1.165) is 27.0 Å². The van der Waals surface area contributed by atoms with Crippen LogP contribution in [-0.4, -0.2) is 78.3 Å². The SMILES string of the molecule is CS(=O)(=O)N1CCN(C(=O)c2cccs2)C(C(=O)NC(Cc2c[nH]c3ccccc23)C(N)=O)C1. The van der Waals surface area contributed by atoms with Crippen LogP contribution in [0.4, 0.5) is 0 Å². The van der Waals surface area contributed by atoms with Crippen molar-refractivity contribution in [2.75, 3.05) is 25.9 Å². The number of carbonyl (C=O) groups excluding carboxylic acids is 3. The van der Waals surface area contributed by atoms with Gasteiger partial charge in [0.05, 0.1) is 11.1 Å². The predicted octanol–water partition coefficient (Wildman–Crippen LogP) is 0.528. The molecule has 4 rings (SSSR count). The van der Waals surface area contributed by atoms with Crippen LogP contribution in [0.3, 0.4) is 0 Å². The maximum absolute atomic E-state index is 13.3. The van der Waals surface area contributed by atoms with Gasteiger partial charge in [0.25, 0.3) is 5.91 Å². The number of rotatable bonds is 7. The number of nitrogens with two attached hydrogens (primary N) is 1. The van der Waals surface area contributed by atoms with Gasteiger partial charge in [0, 0.05) is 43.2 Å². The monoisotopic (exact) mass is 503 g/mol. The molecule has 1 aliphatic heterocycles. The maximum Gasteiger partial charge on any atom is 0.264 e. The van der Waals surface area contributed by atoms with Crippen molar-refractivity contribution in [3.63, 3.8) is 0 Å². The Labute approximate surface area is 200 Å². The van der Waals surface area contributed by atoms with E-state index in [1.807, 2.05) is 24.3 Å². The van der Waals surface area contributed by atoms with Crippen molar-refractivity contribution in [3.8, 4) is 0 Å². The molecule has 0 aliphatic carbocycles. The third kappa shape index (κ3) is 4.98. The number of nitrogens with zero attached hydrogens (tertiary/aromatic N) is 2. The Bertz CT molecular complexity index is 1320. The molecule has 2 atom stereocenters. The number of aromatic nitrogens is 1. The van der Waals surface area contributed by atoms with Crippen LogP contribution in [-0.2, 0) is 26.0 Å². The van der Waals surface area contributed by atoms with Crippen LogP contribution in [0.25, 0.3) is 10.9 Å². The first kappa shape index (κ1) is 23.9. The Balaban J connectivity index is 1.57. The summed E-state index contributed by atoms with van der Waals surface area (Å²) in [6.07, 6.45) is 2.96. The number of nitrogens with one attached hydrogen (secondary N) is 2. The number of para-hydroxylation sites is 1. The number of amides is 3. The Morgan fingerprint density at radius 3 is 2.65 bits per heavy atom. The van der Waals surface area contributed by atoms with Gasteiger partial charge < -0.3 is 20.9 Å². The minimum Gasteiger partial charge on any atom is -0.368 e. The molecule has 34 heavy (non-hydrogen) atoms. The van der Waals surface area contributed by atoms with Crippen molar-refractivity contribution in [2.24, 2.45) is 5.73 Å². The molecule has 2 unspecified atom stereocenters. The van der Waals surface area contributed by atoms with Gasteiger partial charge in [0.15, 0.2) is 0 Å². The summed E-state index contributed by atoms with van der Waals surface area (Å²) < 4.78 is 25.4. The molecule has 10 nitrogen and oxygen atoms in total. The fourth-order valence-corrected chi connectivity index (χ4v) is 5.58. The summed E-state index contributed by atoms with van der Waals surface area (Å²) >= 11 is 1.24. The van der Waals surface area contributed by atoms with E-state index in [1.54, 1.807) is 23.7 Å². The highest BCUT2D eigenvalue weighted by atomic mass is 32.2. The van der Waals surface area contributed by atoms with E-state index < -0.39 is 33.9 Å². The fourth-order valence-electron chi connectivity index (χ4n) is 4.08. The minimum atomic E-state index is -3.58. The molecule has 180 valence electrons. The summed E-state index contributed by atoms with van der Waals surface area (Å²) in [7, 11) is -3.58. The smallest absolute Gasteiger partial charge is 0.264 e. The summed E-state index contributed by atoms with van der Waals surface area (Å²) in [4.78, 5) is 43.5. The van der Waals surface area contributed by atoms with Gasteiger partial charge >= 0.3 is 0 Å². The maximum atomic E-state index is 13.3. The normalized spacial score (nSPS) is 18.0. The first-order valence-electron chi connectivity index (χ1n) is 10.6. The van der Waals surface area contributed by atoms with Gasteiger partial charge in [0.2, 0.25) is 21.8 Å². The standard InChI is InChI=1S/C22H25N5O5S2/c1-34(31,32)26-8-9-27(22(30)19-7-4-10-33-19)18(13-26)21(29)25-17(20(23)28)11-14-12-24-16-6-3-2-5-15(14)16/h2-7,10,12,17-18,24H,8-9,11,13H2,1H3,(H2,23,28)(H,25,29). The number of H-pyrrole nitrogens is 1. The van der Waals surface area contributed by atoms with E-state index in [9.17, 15) is 22.8 Å². The Morgan fingerprint density at radius 1 is 1.21 bits per heavy atom. The summed E-state index contributed by atoms with van der Waals surface area (Å²) in [5.41, 5.74) is 7.28. The second-order valence-electron chi connectivity index (χ2n) is 8.14. The molecule has 0 bridgehead atoms. The largest absolute Gasteiger partial charge is 0.368 e. The number of sulfonamides is 1. The Morgan fingerprint density at radius 2 is 1.97 bits per heavy atom. The number of hydrogen-bond donors (Lipinski definition) is 3. The molecule has 3 aromatic rings. The van der Waals surface area contributed by atoms with Crippen LogP contribution >= 0.6 is 11.3 Å². The zero-order valence-corrected chi connectivity index (χ0v) is 20.1. The van der Waals surface area contributed by atoms with Crippen molar-refractivity contribution in [2.45, 2.75) is 18.5 Å². The highest BCUT2D eigenvalue weighted by molar-refractivity contribution is 7.88. The number of primary amides is 1. The zero-order chi connectivity index (χ0) is 24.5. The van der Waals surface area contributed by atoms with Gasteiger partial charge in [-0.3, -0.25) is 14.4 Å². The molecule has 1 aromatic carbocycles. The predicted molar refractivity (Wildman–Crippen MR) is 129 cm³/mol. The van der Waals surface area contributed by atoms with Crippen molar-refractivity contribution < 1.29 is 22.8 Å². The molecule has 12 heteroatoms. The van der Waals surface area contributed by atoms with Crippen LogP contribution < -0.4 is 11.1 Å². The summed E-state index contributed by atoms with van der Waals surface area (Å²) in [6.45, 7) is -0.0831. The average Bonchev–Trinajstić information content (AvgIpc) is 3.47. The molecule has 0 spiro atoms. The van der Waals surface area contributed by atoms with Crippen LogP contribution in [0.2, 0.25) is 0 Å². The second-order valence-corrected chi connectivity index (χ2v) is 11.1. The van der Waals surface area contributed by atoms with E-state index in [4.69, 9.17) is 5.73 Å². The number of benzene rings is 1. The lowest BCUT2D eigenvalue weighted by molar-refractivity contribution is -0.131. The highest BCUT2D eigenvalue weighted by Crippen LogP contribution is 2.21. The Kier molecular flexibility index (Phi) is 6.73. The lowest BCUT2D eigenvalue weighted by Gasteiger charge is -2.39. The molecule has 3 heterocycles. The lowest BCUT2D eigenvalue weighted by Crippen LogP contribution is -2.63. The molecule has 1 aliphatic rings. The first-order chi connectivity index (χ1) is 16.1. The second kappa shape index (κ2) is 9.57. The van der Waals surface area contributed by atoms with Crippen LogP contribution in [0, 0.1) is 0 Å². The van der Waals surface area contributed by atoms with Crippen molar-refractivity contribution >= 4 is 50.0 Å². The number of carbonyl (C=O) groups is 3. The number of hydrogen-bond acceptors (Lipinski definition) is 6. The number of aromatic amines is 1. The van der Waals surface area contributed by atoms with E-state index in [1.165, 1.54) is 16.2 Å². The Hall–Kier alpha value is -3.22. The molecule has 4 N–H and O–H groups in total. The van der Waals surface area contributed by atoms with Gasteiger partial charge in [-0.15, -0.1) is 11.3 Å².